The van der Waals surface area contributed by atoms with Crippen LogP contribution < -0.4 is 14.8 Å². The molecule has 0 spiro atoms. The largest absolute Gasteiger partial charge is 0.496 e. The van der Waals surface area contributed by atoms with Gasteiger partial charge in [-0.3, -0.25) is 0 Å². The summed E-state index contributed by atoms with van der Waals surface area (Å²) in [6.07, 6.45) is 1.79. The van der Waals surface area contributed by atoms with Crippen molar-refractivity contribution in [3.05, 3.63) is 23.8 Å². The molecule has 0 fully saturated rings. The maximum absolute atomic E-state index is 5.47. The molecule has 0 radical (unpaired) electrons. The molecular formula is C16H23NO2. The molecule has 0 aliphatic heterocycles. The third-order valence-electron chi connectivity index (χ3n) is 3.00. The molecule has 0 saturated carbocycles. The number of nitrogens with one attached hydrogen (secondary N) is 1. The summed E-state index contributed by atoms with van der Waals surface area (Å²) in [7, 11) is 3.38. The first-order valence-corrected chi connectivity index (χ1v) is 6.62. The van der Waals surface area contributed by atoms with Crippen LogP contribution in [0.15, 0.2) is 18.2 Å². The molecule has 0 heterocycles. The zero-order chi connectivity index (χ0) is 14.1. The highest BCUT2D eigenvalue weighted by Gasteiger charge is 2.19. The second-order valence-corrected chi connectivity index (χ2v) is 4.15. The molecule has 1 N–H and O–H groups in total. The Hall–Kier alpha value is -1.66. The van der Waals surface area contributed by atoms with Gasteiger partial charge in [-0.2, -0.15) is 0 Å². The van der Waals surface area contributed by atoms with Crippen LogP contribution in [0.25, 0.3) is 0 Å². The van der Waals surface area contributed by atoms with Crippen molar-refractivity contribution in [2.75, 3.05) is 20.8 Å². The van der Waals surface area contributed by atoms with Crippen LogP contribution in [-0.2, 0) is 0 Å². The van der Waals surface area contributed by atoms with E-state index in [1.165, 1.54) is 0 Å². The Balaban J connectivity index is 3.07. The quantitative estimate of drug-likeness (QED) is 0.765. The normalized spacial score (nSPS) is 11.4. The maximum Gasteiger partial charge on any atom is 0.127 e. The van der Waals surface area contributed by atoms with E-state index in [2.05, 4.69) is 24.1 Å². The van der Waals surface area contributed by atoms with E-state index in [-0.39, 0.29) is 6.04 Å². The van der Waals surface area contributed by atoms with Crippen molar-refractivity contribution in [3.63, 3.8) is 0 Å². The standard InChI is InChI=1S/C16H23NO2/c1-5-7-8-10-13(17-6-2)16-14(18-3)11-9-12-15(16)19-4/h9,11-13,17H,6,8,10H2,1-4H3. The second-order valence-electron chi connectivity index (χ2n) is 4.15. The van der Waals surface area contributed by atoms with Gasteiger partial charge in [0, 0.05) is 12.5 Å². The lowest BCUT2D eigenvalue weighted by atomic mass is 9.99. The molecule has 0 aliphatic rings. The number of methoxy groups -OCH3 is 2. The lowest BCUT2D eigenvalue weighted by Crippen LogP contribution is -2.22. The summed E-state index contributed by atoms with van der Waals surface area (Å²) in [6, 6.07) is 6.06. The second kappa shape index (κ2) is 8.44. The molecule has 1 unspecified atom stereocenters. The topological polar surface area (TPSA) is 30.5 Å². The average Bonchev–Trinajstić information content (AvgIpc) is 2.45. The van der Waals surface area contributed by atoms with E-state index in [9.17, 15) is 0 Å². The van der Waals surface area contributed by atoms with Gasteiger partial charge in [0.05, 0.1) is 19.8 Å². The van der Waals surface area contributed by atoms with Crippen LogP contribution in [0.2, 0.25) is 0 Å². The highest BCUT2D eigenvalue weighted by molar-refractivity contribution is 5.47. The summed E-state index contributed by atoms with van der Waals surface area (Å²) >= 11 is 0. The molecule has 0 bridgehead atoms. The van der Waals surface area contributed by atoms with Crippen molar-refractivity contribution in [3.8, 4) is 23.3 Å². The summed E-state index contributed by atoms with van der Waals surface area (Å²) in [5.74, 6) is 7.76. The highest BCUT2D eigenvalue weighted by Crippen LogP contribution is 2.35. The van der Waals surface area contributed by atoms with Crippen LogP contribution in [0.4, 0.5) is 0 Å². The molecule has 0 aromatic heterocycles. The van der Waals surface area contributed by atoms with Crippen molar-refractivity contribution >= 4 is 0 Å². The van der Waals surface area contributed by atoms with Crippen molar-refractivity contribution in [2.45, 2.75) is 32.7 Å². The predicted octanol–water partition coefficient (Wildman–Crippen LogP) is 3.16. The number of ether oxygens (including phenoxy) is 2. The van der Waals surface area contributed by atoms with Crippen molar-refractivity contribution in [2.24, 2.45) is 0 Å². The van der Waals surface area contributed by atoms with Gasteiger partial charge < -0.3 is 14.8 Å². The summed E-state index contributed by atoms with van der Waals surface area (Å²) in [6.45, 7) is 4.86. The fourth-order valence-corrected chi connectivity index (χ4v) is 2.16. The molecule has 1 rings (SSSR count). The fraction of sp³-hybridized carbons (Fsp3) is 0.500. The molecule has 1 aromatic carbocycles. The number of rotatable bonds is 7. The van der Waals surface area contributed by atoms with Gasteiger partial charge in [0.25, 0.3) is 0 Å². The first-order valence-electron chi connectivity index (χ1n) is 6.62. The summed E-state index contributed by atoms with van der Waals surface area (Å²) in [5.41, 5.74) is 1.08. The molecule has 3 nitrogen and oxygen atoms in total. The Labute approximate surface area is 116 Å². The maximum atomic E-state index is 5.47. The van der Waals surface area contributed by atoms with Crippen LogP contribution >= 0.6 is 0 Å². The molecule has 104 valence electrons. The van der Waals surface area contributed by atoms with Crippen LogP contribution in [0.1, 0.15) is 38.3 Å². The molecule has 19 heavy (non-hydrogen) atoms. The van der Waals surface area contributed by atoms with Crippen LogP contribution in [0.3, 0.4) is 0 Å². The molecule has 0 saturated heterocycles. The van der Waals surface area contributed by atoms with Crippen LogP contribution in [0.5, 0.6) is 11.5 Å². The minimum atomic E-state index is 0.192. The Kier molecular flexibility index (Phi) is 6.84. The predicted molar refractivity (Wildman–Crippen MR) is 78.6 cm³/mol. The Morgan fingerprint density at radius 2 is 1.84 bits per heavy atom. The number of benzene rings is 1. The Morgan fingerprint density at radius 1 is 1.21 bits per heavy atom. The Bertz CT molecular complexity index is 424. The number of hydrogen-bond donors (Lipinski definition) is 1. The third-order valence-corrected chi connectivity index (χ3v) is 3.00. The van der Waals surface area contributed by atoms with Gasteiger partial charge in [0.15, 0.2) is 0 Å². The zero-order valence-corrected chi connectivity index (χ0v) is 12.2. The van der Waals surface area contributed by atoms with E-state index >= 15 is 0 Å². The Morgan fingerprint density at radius 3 is 2.32 bits per heavy atom. The average molecular weight is 261 g/mol. The van der Waals surface area contributed by atoms with Gasteiger partial charge >= 0.3 is 0 Å². The molecule has 0 aliphatic carbocycles. The van der Waals surface area contributed by atoms with Crippen molar-refractivity contribution < 1.29 is 9.47 Å². The monoisotopic (exact) mass is 261 g/mol. The van der Waals surface area contributed by atoms with Gasteiger partial charge in [-0.15, -0.1) is 11.8 Å². The molecular weight excluding hydrogens is 238 g/mol. The van der Waals surface area contributed by atoms with Gasteiger partial charge in [-0.25, -0.2) is 0 Å². The van der Waals surface area contributed by atoms with E-state index < -0.39 is 0 Å². The lowest BCUT2D eigenvalue weighted by Gasteiger charge is -2.22. The zero-order valence-electron chi connectivity index (χ0n) is 12.2. The van der Waals surface area contributed by atoms with Crippen molar-refractivity contribution in [1.82, 2.24) is 5.32 Å². The summed E-state index contributed by atoms with van der Waals surface area (Å²) in [4.78, 5) is 0. The first-order chi connectivity index (χ1) is 9.28. The van der Waals surface area contributed by atoms with Gasteiger partial charge in [0.2, 0.25) is 0 Å². The SMILES string of the molecule is CC#CCCC(NCC)c1c(OC)cccc1OC. The summed E-state index contributed by atoms with van der Waals surface area (Å²) < 4.78 is 10.9. The van der Waals surface area contributed by atoms with Gasteiger partial charge in [-0.05, 0) is 32.0 Å². The van der Waals surface area contributed by atoms with E-state index in [1.54, 1.807) is 14.2 Å². The van der Waals surface area contributed by atoms with Crippen LogP contribution in [-0.4, -0.2) is 20.8 Å². The minimum Gasteiger partial charge on any atom is -0.496 e. The third kappa shape index (κ3) is 4.18. The van der Waals surface area contributed by atoms with E-state index in [4.69, 9.17) is 9.47 Å². The molecule has 0 amide bonds. The van der Waals surface area contributed by atoms with Gasteiger partial charge in [-0.1, -0.05) is 13.0 Å². The molecule has 1 aromatic rings. The molecule has 3 heteroatoms. The highest BCUT2D eigenvalue weighted by atomic mass is 16.5. The van der Waals surface area contributed by atoms with E-state index in [1.807, 2.05) is 25.1 Å². The van der Waals surface area contributed by atoms with Crippen LogP contribution in [0, 0.1) is 11.8 Å². The lowest BCUT2D eigenvalue weighted by molar-refractivity contribution is 0.368. The summed E-state index contributed by atoms with van der Waals surface area (Å²) in [5, 5.41) is 3.48. The van der Waals surface area contributed by atoms with E-state index in [0.29, 0.717) is 0 Å². The smallest absolute Gasteiger partial charge is 0.127 e. The number of hydrogen-bond acceptors (Lipinski definition) is 3. The molecule has 1 atom stereocenters. The minimum absolute atomic E-state index is 0.192. The van der Waals surface area contributed by atoms with Crippen molar-refractivity contribution in [1.29, 1.82) is 0 Å². The van der Waals surface area contributed by atoms with E-state index in [0.717, 1.165) is 36.4 Å². The fourth-order valence-electron chi connectivity index (χ4n) is 2.16. The van der Waals surface area contributed by atoms with Gasteiger partial charge in [0.1, 0.15) is 11.5 Å². The first kappa shape index (κ1) is 15.4.